The summed E-state index contributed by atoms with van der Waals surface area (Å²) in [5.41, 5.74) is 10.9. The predicted molar refractivity (Wildman–Crippen MR) is 82.7 cm³/mol. The third-order valence-electron chi connectivity index (χ3n) is 3.09. The Labute approximate surface area is 127 Å². The van der Waals surface area contributed by atoms with Crippen molar-refractivity contribution < 1.29 is 14.3 Å². The second kappa shape index (κ2) is 10.4. The molecular weight excluding hydrogens is 272 g/mol. The van der Waals surface area contributed by atoms with E-state index < -0.39 is 6.09 Å². The third-order valence-corrected chi connectivity index (χ3v) is 3.09. The molecule has 7 nitrogen and oxygen atoms in total. The van der Waals surface area contributed by atoms with Gasteiger partial charge < -0.3 is 26.8 Å². The smallest absolute Gasteiger partial charge is 0.404 e. The SMILES string of the molecule is CC(C)NC(=O)[C@H](CCCOC(N)=O)NC[C@@H](N)C(C)C. The van der Waals surface area contributed by atoms with Gasteiger partial charge in [-0.05, 0) is 32.6 Å². The molecule has 0 fully saturated rings. The molecule has 0 rings (SSSR count). The molecule has 124 valence electrons. The molecule has 0 unspecified atom stereocenters. The van der Waals surface area contributed by atoms with E-state index in [1.54, 1.807) is 0 Å². The van der Waals surface area contributed by atoms with Crippen molar-refractivity contribution in [1.82, 2.24) is 10.6 Å². The second-order valence-electron chi connectivity index (χ2n) is 5.84. The highest BCUT2D eigenvalue weighted by molar-refractivity contribution is 5.81. The Balaban J connectivity index is 4.33. The van der Waals surface area contributed by atoms with Gasteiger partial charge in [0.25, 0.3) is 0 Å². The number of nitrogens with two attached hydrogens (primary N) is 2. The first kappa shape index (κ1) is 19.7. The zero-order valence-corrected chi connectivity index (χ0v) is 13.5. The van der Waals surface area contributed by atoms with Crippen LogP contribution in [0.15, 0.2) is 0 Å². The van der Waals surface area contributed by atoms with Crippen LogP contribution in [-0.2, 0) is 9.53 Å². The van der Waals surface area contributed by atoms with Gasteiger partial charge in [0.1, 0.15) is 0 Å². The topological polar surface area (TPSA) is 119 Å². The largest absolute Gasteiger partial charge is 0.450 e. The van der Waals surface area contributed by atoms with Gasteiger partial charge in [0.15, 0.2) is 0 Å². The molecule has 0 bridgehead atoms. The number of hydrogen-bond donors (Lipinski definition) is 4. The number of carbonyl (C=O) groups excluding carboxylic acids is 2. The molecule has 0 aromatic carbocycles. The average Bonchev–Trinajstić information content (AvgIpc) is 2.35. The van der Waals surface area contributed by atoms with Crippen molar-refractivity contribution in [3.63, 3.8) is 0 Å². The van der Waals surface area contributed by atoms with Crippen LogP contribution in [0.4, 0.5) is 4.79 Å². The minimum atomic E-state index is -0.798. The van der Waals surface area contributed by atoms with Crippen molar-refractivity contribution in [1.29, 1.82) is 0 Å². The number of rotatable bonds is 10. The van der Waals surface area contributed by atoms with E-state index in [4.69, 9.17) is 11.5 Å². The van der Waals surface area contributed by atoms with Gasteiger partial charge in [-0.3, -0.25) is 4.79 Å². The van der Waals surface area contributed by atoms with E-state index >= 15 is 0 Å². The van der Waals surface area contributed by atoms with E-state index in [-0.39, 0.29) is 30.6 Å². The summed E-state index contributed by atoms with van der Waals surface area (Å²) >= 11 is 0. The molecule has 21 heavy (non-hydrogen) atoms. The number of nitrogens with one attached hydrogen (secondary N) is 2. The summed E-state index contributed by atoms with van der Waals surface area (Å²) in [6.07, 6.45) is 0.313. The lowest BCUT2D eigenvalue weighted by Gasteiger charge is -2.23. The maximum absolute atomic E-state index is 12.1. The monoisotopic (exact) mass is 302 g/mol. The van der Waals surface area contributed by atoms with Crippen molar-refractivity contribution in [3.8, 4) is 0 Å². The van der Waals surface area contributed by atoms with Crippen LogP contribution >= 0.6 is 0 Å². The Morgan fingerprint density at radius 1 is 1.19 bits per heavy atom. The van der Waals surface area contributed by atoms with E-state index in [1.807, 2.05) is 27.7 Å². The van der Waals surface area contributed by atoms with Crippen molar-refractivity contribution in [2.45, 2.75) is 58.7 Å². The fourth-order valence-corrected chi connectivity index (χ4v) is 1.69. The quantitative estimate of drug-likeness (QED) is 0.433. The third kappa shape index (κ3) is 10.1. The molecule has 0 spiro atoms. The number of hydrogen-bond acceptors (Lipinski definition) is 5. The Bertz CT molecular complexity index is 321. The van der Waals surface area contributed by atoms with Crippen LogP contribution in [0.5, 0.6) is 0 Å². The summed E-state index contributed by atoms with van der Waals surface area (Å²) < 4.78 is 4.67. The van der Waals surface area contributed by atoms with E-state index in [9.17, 15) is 9.59 Å². The van der Waals surface area contributed by atoms with Gasteiger partial charge in [-0.1, -0.05) is 13.8 Å². The molecule has 6 N–H and O–H groups in total. The zero-order valence-electron chi connectivity index (χ0n) is 13.5. The first-order valence-electron chi connectivity index (χ1n) is 7.45. The molecule has 0 aliphatic carbocycles. The molecular formula is C14H30N4O3. The minimum absolute atomic E-state index is 0.0128. The van der Waals surface area contributed by atoms with Gasteiger partial charge in [-0.25, -0.2) is 4.79 Å². The maximum Gasteiger partial charge on any atom is 0.404 e. The first-order chi connectivity index (χ1) is 9.73. The number of ether oxygens (including phenoxy) is 1. The predicted octanol–water partition coefficient (Wildman–Crippen LogP) is 0.328. The minimum Gasteiger partial charge on any atom is -0.450 e. The van der Waals surface area contributed by atoms with E-state index in [0.717, 1.165) is 0 Å². The molecule has 0 aliphatic rings. The lowest BCUT2D eigenvalue weighted by molar-refractivity contribution is -0.123. The Morgan fingerprint density at radius 3 is 2.29 bits per heavy atom. The van der Waals surface area contributed by atoms with E-state index in [2.05, 4.69) is 15.4 Å². The standard InChI is InChI=1S/C14H30N4O3/c1-9(2)11(15)8-17-12(13(19)18-10(3)4)6-5-7-21-14(16)20/h9-12,17H,5-8,15H2,1-4H3,(H2,16,20)(H,18,19)/t11-,12+/m1/s1. The Hall–Kier alpha value is -1.34. The van der Waals surface area contributed by atoms with Crippen molar-refractivity contribution in [2.75, 3.05) is 13.2 Å². The normalized spacial score (nSPS) is 14.0. The average molecular weight is 302 g/mol. The maximum atomic E-state index is 12.1. The van der Waals surface area contributed by atoms with Crippen LogP contribution in [-0.4, -0.2) is 43.3 Å². The fourth-order valence-electron chi connectivity index (χ4n) is 1.69. The first-order valence-corrected chi connectivity index (χ1v) is 7.45. The second-order valence-corrected chi connectivity index (χ2v) is 5.84. The van der Waals surface area contributed by atoms with Crippen LogP contribution < -0.4 is 22.1 Å². The van der Waals surface area contributed by atoms with Crippen molar-refractivity contribution in [2.24, 2.45) is 17.4 Å². The lowest BCUT2D eigenvalue weighted by Crippen LogP contribution is -2.50. The van der Waals surface area contributed by atoms with Crippen LogP contribution in [0.2, 0.25) is 0 Å². The van der Waals surface area contributed by atoms with E-state index in [0.29, 0.717) is 25.3 Å². The van der Waals surface area contributed by atoms with Gasteiger partial charge >= 0.3 is 6.09 Å². The van der Waals surface area contributed by atoms with Gasteiger partial charge in [-0.15, -0.1) is 0 Å². The Morgan fingerprint density at radius 2 is 1.81 bits per heavy atom. The van der Waals surface area contributed by atoms with Crippen LogP contribution in [0.25, 0.3) is 0 Å². The van der Waals surface area contributed by atoms with Gasteiger partial charge in [-0.2, -0.15) is 0 Å². The molecule has 7 heteroatoms. The van der Waals surface area contributed by atoms with Crippen molar-refractivity contribution in [3.05, 3.63) is 0 Å². The summed E-state index contributed by atoms with van der Waals surface area (Å²) in [7, 11) is 0. The summed E-state index contributed by atoms with van der Waals surface area (Å²) in [5.74, 6) is 0.268. The molecule has 0 aliphatic heterocycles. The lowest BCUT2D eigenvalue weighted by atomic mass is 10.0. The highest BCUT2D eigenvalue weighted by Gasteiger charge is 2.20. The molecule has 2 amide bonds. The van der Waals surface area contributed by atoms with Crippen LogP contribution in [0.1, 0.15) is 40.5 Å². The highest BCUT2D eigenvalue weighted by Crippen LogP contribution is 2.02. The molecule has 0 aromatic heterocycles. The van der Waals surface area contributed by atoms with Crippen LogP contribution in [0, 0.1) is 5.92 Å². The zero-order chi connectivity index (χ0) is 16.4. The summed E-state index contributed by atoms with van der Waals surface area (Å²) in [4.78, 5) is 22.6. The molecule has 0 saturated heterocycles. The molecule has 0 heterocycles. The molecule has 0 saturated carbocycles. The molecule has 2 atom stereocenters. The molecule has 0 radical (unpaired) electrons. The van der Waals surface area contributed by atoms with Crippen LogP contribution in [0.3, 0.4) is 0 Å². The number of primary amides is 1. The highest BCUT2D eigenvalue weighted by atomic mass is 16.5. The summed E-state index contributed by atoms with van der Waals surface area (Å²) in [6, 6.07) is -0.294. The molecule has 0 aromatic rings. The van der Waals surface area contributed by atoms with Gasteiger partial charge in [0, 0.05) is 18.6 Å². The number of amides is 2. The number of carbonyl (C=O) groups is 2. The summed E-state index contributed by atoms with van der Waals surface area (Å²) in [6.45, 7) is 8.66. The van der Waals surface area contributed by atoms with Gasteiger partial charge in [0.05, 0.1) is 12.6 Å². The summed E-state index contributed by atoms with van der Waals surface area (Å²) in [5, 5.41) is 6.06. The van der Waals surface area contributed by atoms with Gasteiger partial charge in [0.2, 0.25) is 5.91 Å². The fraction of sp³-hybridized carbons (Fsp3) is 0.857. The van der Waals surface area contributed by atoms with E-state index in [1.165, 1.54) is 0 Å². The van der Waals surface area contributed by atoms with Crippen molar-refractivity contribution >= 4 is 12.0 Å². The Kier molecular flexibility index (Phi) is 9.73.